The molecule has 0 aromatic rings. The fourth-order valence-corrected chi connectivity index (χ4v) is 8.36. The summed E-state index contributed by atoms with van der Waals surface area (Å²) in [5.74, 6) is -0.499. The third kappa shape index (κ3) is 47.8. The van der Waals surface area contributed by atoms with Crippen LogP contribution in [0.5, 0.6) is 0 Å². The fourth-order valence-electron chi connectivity index (χ4n) is 8.36. The second-order valence-corrected chi connectivity index (χ2v) is 19.0. The Hall–Kier alpha value is -2.44. The van der Waals surface area contributed by atoms with Crippen molar-refractivity contribution in [3.63, 3.8) is 0 Å². The molecule has 0 bridgehead atoms. The summed E-state index contributed by atoms with van der Waals surface area (Å²) in [7, 11) is 0. The Morgan fingerprint density at radius 1 is 0.462 bits per heavy atom. The highest BCUT2D eigenvalue weighted by molar-refractivity contribution is 5.77. The van der Waals surface area contributed by atoms with E-state index in [2.05, 4.69) is 86.8 Å². The minimum Gasteiger partial charge on any atom is -0.462 e. The molecule has 0 aromatic carbocycles. The number of ether oxygens (including phenoxy) is 1. The Morgan fingerprint density at radius 2 is 0.831 bits per heavy atom. The van der Waals surface area contributed by atoms with E-state index < -0.39 is 18.2 Å². The van der Waals surface area contributed by atoms with Crippen LogP contribution in [0.3, 0.4) is 0 Å². The number of carbonyl (C=O) groups excluding carboxylic acids is 2. The average Bonchev–Trinajstić information content (AvgIpc) is 3.30. The molecule has 0 saturated heterocycles. The molecule has 0 aliphatic rings. The van der Waals surface area contributed by atoms with E-state index in [1.54, 1.807) is 0 Å². The van der Waals surface area contributed by atoms with Crippen molar-refractivity contribution in [1.29, 1.82) is 0 Å². The van der Waals surface area contributed by atoms with Crippen LogP contribution in [0.25, 0.3) is 0 Å². The van der Waals surface area contributed by atoms with Crippen LogP contribution >= 0.6 is 0 Å². The molecule has 3 N–H and O–H groups in total. The number of hydrogen-bond donors (Lipinski definition) is 3. The topological polar surface area (TPSA) is 95.9 Å². The number of amides is 1. The van der Waals surface area contributed by atoms with E-state index in [-0.39, 0.29) is 24.9 Å². The monoisotopic (exact) mass is 910 g/mol. The lowest BCUT2D eigenvalue weighted by Crippen LogP contribution is -2.46. The lowest BCUT2D eigenvalue weighted by molar-refractivity contribution is -0.151. The quantitative estimate of drug-likeness (QED) is 0.0321. The van der Waals surface area contributed by atoms with E-state index in [1.165, 1.54) is 128 Å². The molecular weight excluding hydrogens is 803 g/mol. The minimum atomic E-state index is -0.797. The van der Waals surface area contributed by atoms with Gasteiger partial charge in [0.05, 0.1) is 25.2 Å². The van der Waals surface area contributed by atoms with Crippen LogP contribution in [-0.2, 0) is 14.3 Å². The minimum absolute atomic E-state index is 0.0590. The van der Waals surface area contributed by atoms with Crippen molar-refractivity contribution in [2.45, 2.75) is 296 Å². The molecule has 0 fully saturated rings. The van der Waals surface area contributed by atoms with Crippen molar-refractivity contribution >= 4 is 11.9 Å². The lowest BCUT2D eigenvalue weighted by Gasteiger charge is -2.24. The predicted octanol–water partition coefficient (Wildman–Crippen LogP) is 17.2. The highest BCUT2D eigenvalue weighted by Gasteiger charge is 2.24. The van der Waals surface area contributed by atoms with Gasteiger partial charge in [-0.3, -0.25) is 9.59 Å². The number of aliphatic hydroxyl groups excluding tert-OH is 2. The third-order valence-corrected chi connectivity index (χ3v) is 12.6. The van der Waals surface area contributed by atoms with Crippen LogP contribution in [0.2, 0.25) is 0 Å². The molecule has 0 radical (unpaired) electrons. The number of rotatable bonds is 50. The van der Waals surface area contributed by atoms with Crippen LogP contribution in [-0.4, -0.2) is 46.9 Å². The molecule has 0 rings (SSSR count). The first-order valence-corrected chi connectivity index (χ1v) is 28.0. The van der Waals surface area contributed by atoms with Gasteiger partial charge in [-0.2, -0.15) is 0 Å². The molecule has 0 spiro atoms. The van der Waals surface area contributed by atoms with Gasteiger partial charge in [0.25, 0.3) is 0 Å². The van der Waals surface area contributed by atoms with Gasteiger partial charge in [0, 0.05) is 6.42 Å². The summed E-state index contributed by atoms with van der Waals surface area (Å²) in [5, 5.41) is 23.9. The average molecular weight is 911 g/mol. The standard InChI is InChI=1S/C59H107NO5/c1-4-7-10-13-16-19-22-25-28-29-31-32-35-38-41-44-47-50-55(65-59(64)52-49-46-43-40-37-34-27-24-21-18-15-12-9-6-3)53-58(63)60-56(54-61)57(62)51-48-45-42-39-36-33-30-26-23-20-17-14-11-8-5-2/h9,12,16,18-19,21,25,28,31-32,55-57,61-62H,4-8,10-11,13-15,17,20,22-24,26-27,29-30,33-54H2,1-3H3,(H,60,63)/b12-9+,19-16-,21-18+,28-25-,32-31-. The maximum absolute atomic E-state index is 13.3. The van der Waals surface area contributed by atoms with Gasteiger partial charge in [0.15, 0.2) is 0 Å². The van der Waals surface area contributed by atoms with Gasteiger partial charge in [-0.05, 0) is 89.9 Å². The van der Waals surface area contributed by atoms with Crippen molar-refractivity contribution < 1.29 is 24.5 Å². The Balaban J connectivity index is 4.62. The van der Waals surface area contributed by atoms with E-state index in [0.29, 0.717) is 19.3 Å². The molecular formula is C59H107NO5. The molecule has 3 unspecified atom stereocenters. The van der Waals surface area contributed by atoms with Gasteiger partial charge < -0.3 is 20.3 Å². The molecule has 0 aliphatic carbocycles. The van der Waals surface area contributed by atoms with E-state index in [0.717, 1.165) is 103 Å². The zero-order valence-electron chi connectivity index (χ0n) is 43.1. The Morgan fingerprint density at radius 3 is 1.29 bits per heavy atom. The fraction of sp³-hybridized carbons (Fsp3) is 0.797. The Kier molecular flexibility index (Phi) is 50.6. The second-order valence-electron chi connectivity index (χ2n) is 19.0. The lowest BCUT2D eigenvalue weighted by atomic mass is 10.0. The molecule has 0 heterocycles. The molecule has 6 nitrogen and oxygen atoms in total. The zero-order chi connectivity index (χ0) is 47.4. The Labute approximate surface area is 403 Å². The highest BCUT2D eigenvalue weighted by Crippen LogP contribution is 2.18. The smallest absolute Gasteiger partial charge is 0.306 e. The van der Waals surface area contributed by atoms with Crippen molar-refractivity contribution in [3.05, 3.63) is 60.8 Å². The van der Waals surface area contributed by atoms with Gasteiger partial charge in [0.1, 0.15) is 6.10 Å². The predicted molar refractivity (Wildman–Crippen MR) is 282 cm³/mol. The van der Waals surface area contributed by atoms with Crippen molar-refractivity contribution in [2.24, 2.45) is 0 Å². The summed E-state index contributed by atoms with van der Waals surface area (Å²) in [6.07, 6.45) is 65.6. The van der Waals surface area contributed by atoms with Gasteiger partial charge in [-0.1, -0.05) is 236 Å². The number of carbonyl (C=O) groups is 2. The first-order valence-electron chi connectivity index (χ1n) is 28.0. The normalized spacial score (nSPS) is 13.6. The molecule has 0 aliphatic heterocycles. The molecule has 3 atom stereocenters. The molecule has 378 valence electrons. The molecule has 0 saturated carbocycles. The number of esters is 1. The highest BCUT2D eigenvalue weighted by atomic mass is 16.5. The van der Waals surface area contributed by atoms with E-state index in [9.17, 15) is 19.8 Å². The number of nitrogens with one attached hydrogen (secondary N) is 1. The number of unbranched alkanes of at least 4 members (excludes halogenated alkanes) is 28. The summed E-state index contributed by atoms with van der Waals surface area (Å²) in [6.45, 7) is 6.36. The van der Waals surface area contributed by atoms with E-state index in [1.807, 2.05) is 0 Å². The first kappa shape index (κ1) is 62.6. The number of hydrogen-bond acceptors (Lipinski definition) is 5. The summed E-state index contributed by atoms with van der Waals surface area (Å²) in [5.41, 5.74) is 0. The third-order valence-electron chi connectivity index (χ3n) is 12.6. The summed E-state index contributed by atoms with van der Waals surface area (Å²) in [4.78, 5) is 26.2. The van der Waals surface area contributed by atoms with E-state index in [4.69, 9.17) is 4.74 Å². The zero-order valence-corrected chi connectivity index (χ0v) is 43.1. The maximum Gasteiger partial charge on any atom is 0.306 e. The van der Waals surface area contributed by atoms with Gasteiger partial charge in [-0.25, -0.2) is 0 Å². The van der Waals surface area contributed by atoms with Crippen molar-refractivity contribution in [1.82, 2.24) is 5.32 Å². The molecule has 65 heavy (non-hydrogen) atoms. The summed E-state index contributed by atoms with van der Waals surface area (Å²) >= 11 is 0. The van der Waals surface area contributed by atoms with Crippen LogP contribution in [0.4, 0.5) is 0 Å². The first-order chi connectivity index (χ1) is 32.0. The summed E-state index contributed by atoms with van der Waals surface area (Å²) < 4.78 is 5.94. The van der Waals surface area contributed by atoms with Crippen LogP contribution < -0.4 is 5.32 Å². The SMILES string of the molecule is CC/C=C/C/C=C/CCCCCCCCCC(=O)OC(CCCCCC/C=C\C/C=C\C/C=C\CCCCC)CC(=O)NC(CO)C(O)CCCCCCCCCCCCCCCCC. The van der Waals surface area contributed by atoms with Gasteiger partial charge >= 0.3 is 5.97 Å². The van der Waals surface area contributed by atoms with Crippen LogP contribution in [0.1, 0.15) is 278 Å². The van der Waals surface area contributed by atoms with Crippen LogP contribution in [0.15, 0.2) is 60.8 Å². The second kappa shape index (κ2) is 52.5. The summed E-state index contributed by atoms with van der Waals surface area (Å²) in [6, 6.07) is -0.712. The molecule has 6 heteroatoms. The molecule has 1 amide bonds. The van der Waals surface area contributed by atoms with E-state index >= 15 is 0 Å². The van der Waals surface area contributed by atoms with Crippen molar-refractivity contribution in [2.75, 3.05) is 6.61 Å². The molecule has 0 aromatic heterocycles. The van der Waals surface area contributed by atoms with Crippen LogP contribution in [0, 0.1) is 0 Å². The van der Waals surface area contributed by atoms with Crippen molar-refractivity contribution in [3.8, 4) is 0 Å². The Bertz CT molecular complexity index is 1160. The maximum atomic E-state index is 13.3. The largest absolute Gasteiger partial charge is 0.462 e. The number of allylic oxidation sites excluding steroid dienone is 10. The van der Waals surface area contributed by atoms with Gasteiger partial charge in [-0.15, -0.1) is 0 Å². The number of aliphatic hydroxyl groups is 2. The van der Waals surface area contributed by atoms with Gasteiger partial charge in [0.2, 0.25) is 5.91 Å².